The van der Waals surface area contributed by atoms with Crippen molar-refractivity contribution in [2.45, 2.75) is 12.3 Å². The number of aromatic nitrogens is 4. The average Bonchev–Trinajstić information content (AvgIpc) is 3.26. The lowest BCUT2D eigenvalue weighted by molar-refractivity contribution is -0.118. The van der Waals surface area contributed by atoms with Gasteiger partial charge in [-0.15, -0.1) is 23.1 Å². The van der Waals surface area contributed by atoms with E-state index in [0.717, 1.165) is 16.3 Å². The first-order valence-electron chi connectivity index (χ1n) is 6.50. The molecule has 2 N–H and O–H groups in total. The zero-order chi connectivity index (χ0) is 15.2. The molecular weight excluding hydrogens is 322 g/mol. The highest BCUT2D eigenvalue weighted by atomic mass is 32.2. The van der Waals surface area contributed by atoms with Crippen LogP contribution in [0.4, 0.5) is 0 Å². The van der Waals surface area contributed by atoms with Crippen LogP contribution in [0, 0.1) is 0 Å². The van der Waals surface area contributed by atoms with Crippen molar-refractivity contribution in [3.8, 4) is 10.6 Å². The van der Waals surface area contributed by atoms with Crippen molar-refractivity contribution in [2.24, 2.45) is 0 Å². The van der Waals surface area contributed by atoms with E-state index in [0.29, 0.717) is 23.7 Å². The highest BCUT2D eigenvalue weighted by molar-refractivity contribution is 7.99. The molecule has 0 saturated carbocycles. The van der Waals surface area contributed by atoms with Gasteiger partial charge in [-0.25, -0.2) is 0 Å². The maximum Gasteiger partial charge on any atom is 0.230 e. The largest absolute Gasteiger partial charge is 0.355 e. The van der Waals surface area contributed by atoms with Gasteiger partial charge in [-0.1, -0.05) is 11.2 Å². The number of nitrogens with one attached hydrogen (secondary N) is 2. The third-order valence-electron chi connectivity index (χ3n) is 2.74. The van der Waals surface area contributed by atoms with E-state index >= 15 is 0 Å². The number of rotatable bonds is 7. The van der Waals surface area contributed by atoms with Gasteiger partial charge in [-0.2, -0.15) is 15.4 Å². The van der Waals surface area contributed by atoms with Gasteiger partial charge in [0.05, 0.1) is 29.1 Å². The van der Waals surface area contributed by atoms with Crippen molar-refractivity contribution in [3.05, 3.63) is 41.2 Å². The van der Waals surface area contributed by atoms with Crippen LogP contribution < -0.4 is 5.32 Å². The van der Waals surface area contributed by atoms with Crippen LogP contribution >= 0.6 is 23.1 Å². The molecule has 3 aromatic rings. The third-order valence-corrected chi connectivity index (χ3v) is 4.59. The predicted octanol–water partition coefficient (Wildman–Crippen LogP) is 2.07. The number of hydrogen-bond donors (Lipinski definition) is 2. The quantitative estimate of drug-likeness (QED) is 0.686. The van der Waals surface area contributed by atoms with Gasteiger partial charge in [-0.05, 0) is 11.4 Å². The fraction of sp³-hybridized carbons (Fsp3) is 0.231. The number of carbonyl (C=O) groups excluding carboxylic acids is 1. The highest BCUT2D eigenvalue weighted by Crippen LogP contribution is 2.26. The topological polar surface area (TPSA) is 96.7 Å². The van der Waals surface area contributed by atoms with Crippen LogP contribution in [0.5, 0.6) is 0 Å². The molecule has 0 unspecified atom stereocenters. The second kappa shape index (κ2) is 7.23. The first-order valence-corrected chi connectivity index (χ1v) is 8.53. The van der Waals surface area contributed by atoms with E-state index in [9.17, 15) is 4.79 Å². The monoisotopic (exact) mass is 335 g/mol. The Balaban J connectivity index is 1.40. The number of aromatic amines is 1. The minimum Gasteiger partial charge on any atom is -0.355 e. The van der Waals surface area contributed by atoms with Gasteiger partial charge in [-0.3, -0.25) is 4.79 Å². The van der Waals surface area contributed by atoms with Gasteiger partial charge in [0.1, 0.15) is 5.69 Å². The SMILES string of the molecule is O=C(CSCc1cc(-c2cccs2)on1)NCc1cn[nH]n1. The van der Waals surface area contributed by atoms with Crippen LogP contribution in [0.15, 0.2) is 34.3 Å². The fourth-order valence-electron chi connectivity index (χ4n) is 1.71. The number of nitrogens with zero attached hydrogens (tertiary/aromatic N) is 3. The molecule has 114 valence electrons. The molecule has 9 heteroatoms. The molecule has 0 atom stereocenters. The molecule has 7 nitrogen and oxygen atoms in total. The summed E-state index contributed by atoms with van der Waals surface area (Å²) in [5.74, 6) is 1.71. The third kappa shape index (κ3) is 3.95. The van der Waals surface area contributed by atoms with Crippen molar-refractivity contribution >= 4 is 29.0 Å². The molecule has 3 aromatic heterocycles. The molecule has 0 bridgehead atoms. The lowest BCUT2D eigenvalue weighted by Crippen LogP contribution is -2.24. The summed E-state index contributed by atoms with van der Waals surface area (Å²) in [6.07, 6.45) is 1.58. The Labute approximate surface area is 134 Å². The second-order valence-electron chi connectivity index (χ2n) is 4.39. The molecule has 3 rings (SSSR count). The van der Waals surface area contributed by atoms with Crippen LogP contribution in [0.2, 0.25) is 0 Å². The number of thioether (sulfide) groups is 1. The van der Waals surface area contributed by atoms with Gasteiger partial charge >= 0.3 is 0 Å². The Hall–Kier alpha value is -2.13. The lowest BCUT2D eigenvalue weighted by atomic mass is 10.3. The highest BCUT2D eigenvalue weighted by Gasteiger charge is 2.09. The minimum absolute atomic E-state index is 0.0463. The molecule has 0 saturated heterocycles. The van der Waals surface area contributed by atoms with Crippen LogP contribution in [-0.4, -0.2) is 32.2 Å². The molecule has 0 aliphatic rings. The van der Waals surface area contributed by atoms with E-state index in [-0.39, 0.29) is 5.91 Å². The maximum atomic E-state index is 11.7. The van der Waals surface area contributed by atoms with Gasteiger partial charge in [0.25, 0.3) is 0 Å². The zero-order valence-corrected chi connectivity index (χ0v) is 13.1. The second-order valence-corrected chi connectivity index (χ2v) is 6.32. The van der Waals surface area contributed by atoms with E-state index < -0.39 is 0 Å². The number of carbonyl (C=O) groups is 1. The Morgan fingerprint density at radius 3 is 3.18 bits per heavy atom. The zero-order valence-electron chi connectivity index (χ0n) is 11.5. The summed E-state index contributed by atoms with van der Waals surface area (Å²) in [5, 5.41) is 18.8. The van der Waals surface area contributed by atoms with E-state index in [1.165, 1.54) is 11.8 Å². The van der Waals surface area contributed by atoms with Crippen molar-refractivity contribution in [3.63, 3.8) is 0 Å². The standard InChI is InChI=1S/C13H13N5O2S2/c19-13(14-5-10-6-15-18-16-10)8-21-7-9-4-11(20-17-9)12-2-1-3-22-12/h1-4,6H,5,7-8H2,(H,14,19)(H,15,16,18). The summed E-state index contributed by atoms with van der Waals surface area (Å²) in [7, 11) is 0. The van der Waals surface area contributed by atoms with Crippen molar-refractivity contribution in [2.75, 3.05) is 5.75 Å². The van der Waals surface area contributed by atoms with Crippen molar-refractivity contribution in [1.29, 1.82) is 0 Å². The Bertz CT molecular complexity index is 709. The number of thiophene rings is 1. The molecule has 3 heterocycles. The molecule has 22 heavy (non-hydrogen) atoms. The van der Waals surface area contributed by atoms with E-state index in [1.807, 2.05) is 23.6 Å². The first-order chi connectivity index (χ1) is 10.8. The summed E-state index contributed by atoms with van der Waals surface area (Å²) < 4.78 is 5.29. The molecule has 0 aromatic carbocycles. The van der Waals surface area contributed by atoms with E-state index in [1.54, 1.807) is 17.5 Å². The Kier molecular flexibility index (Phi) is 4.86. The average molecular weight is 335 g/mol. The molecule has 0 aliphatic carbocycles. The molecule has 1 amide bonds. The first kappa shape index (κ1) is 14.8. The summed E-state index contributed by atoms with van der Waals surface area (Å²) in [5.41, 5.74) is 1.54. The van der Waals surface area contributed by atoms with Gasteiger partial charge in [0.15, 0.2) is 5.76 Å². The molecule has 0 radical (unpaired) electrons. The number of hydrogen-bond acceptors (Lipinski definition) is 7. The van der Waals surface area contributed by atoms with Gasteiger partial charge < -0.3 is 9.84 Å². The van der Waals surface area contributed by atoms with Crippen molar-refractivity contribution < 1.29 is 9.32 Å². The summed E-state index contributed by atoms with van der Waals surface area (Å²) in [6, 6.07) is 5.86. The predicted molar refractivity (Wildman–Crippen MR) is 84.2 cm³/mol. The number of H-pyrrole nitrogens is 1. The Morgan fingerprint density at radius 2 is 2.41 bits per heavy atom. The van der Waals surface area contributed by atoms with Crippen LogP contribution in [0.1, 0.15) is 11.4 Å². The van der Waals surface area contributed by atoms with Crippen LogP contribution in [0.3, 0.4) is 0 Å². The van der Waals surface area contributed by atoms with Gasteiger partial charge in [0, 0.05) is 11.8 Å². The summed E-state index contributed by atoms with van der Waals surface area (Å²) in [4.78, 5) is 12.7. The van der Waals surface area contributed by atoms with Gasteiger partial charge in [0.2, 0.25) is 5.91 Å². The van der Waals surface area contributed by atoms with E-state index in [4.69, 9.17) is 4.52 Å². The van der Waals surface area contributed by atoms with Crippen LogP contribution in [-0.2, 0) is 17.1 Å². The molecule has 0 aliphatic heterocycles. The minimum atomic E-state index is -0.0463. The fourth-order valence-corrected chi connectivity index (χ4v) is 3.12. The maximum absolute atomic E-state index is 11.7. The van der Waals surface area contributed by atoms with Crippen molar-refractivity contribution in [1.82, 2.24) is 25.9 Å². The smallest absolute Gasteiger partial charge is 0.230 e. The van der Waals surface area contributed by atoms with Crippen LogP contribution in [0.25, 0.3) is 10.6 Å². The summed E-state index contributed by atoms with van der Waals surface area (Å²) >= 11 is 3.09. The number of amides is 1. The Morgan fingerprint density at radius 1 is 1.45 bits per heavy atom. The molecular formula is C13H13N5O2S2. The lowest BCUT2D eigenvalue weighted by Gasteiger charge is -2.01. The van der Waals surface area contributed by atoms with E-state index in [2.05, 4.69) is 25.9 Å². The molecule has 0 fully saturated rings. The summed E-state index contributed by atoms with van der Waals surface area (Å²) in [6.45, 7) is 0.377. The normalized spacial score (nSPS) is 10.7. The molecule has 0 spiro atoms.